The van der Waals surface area contributed by atoms with E-state index in [0.29, 0.717) is 0 Å². The highest BCUT2D eigenvalue weighted by Gasteiger charge is 2.23. The molecule has 1 aromatic rings. The molecule has 0 aromatic heterocycles. The lowest BCUT2D eigenvalue weighted by Crippen LogP contribution is -2.46. The lowest BCUT2D eigenvalue weighted by molar-refractivity contribution is -0.140. The minimum absolute atomic E-state index is 0.150. The summed E-state index contributed by atoms with van der Waals surface area (Å²) < 4.78 is 17.9. The average Bonchev–Trinajstić information content (AvgIpc) is 2.37. The topological polar surface area (TPSA) is 87.7 Å². The van der Waals surface area contributed by atoms with E-state index in [-0.39, 0.29) is 17.4 Å². The molecule has 0 aliphatic heterocycles. The maximum atomic E-state index is 13.0. The van der Waals surface area contributed by atoms with Gasteiger partial charge < -0.3 is 20.5 Å². The first-order chi connectivity index (χ1) is 9.35. The van der Waals surface area contributed by atoms with Gasteiger partial charge in [0, 0.05) is 6.07 Å². The molecule has 0 heterocycles. The number of methoxy groups -OCH3 is 1. The maximum Gasteiger partial charge on any atom is 0.326 e. The van der Waals surface area contributed by atoms with E-state index in [1.807, 2.05) is 0 Å². The Morgan fingerprint density at radius 3 is 2.50 bits per heavy atom. The molecule has 7 heteroatoms. The number of amides is 2. The van der Waals surface area contributed by atoms with Gasteiger partial charge in [-0.25, -0.2) is 14.0 Å². The van der Waals surface area contributed by atoms with E-state index in [2.05, 4.69) is 10.6 Å². The molecule has 3 N–H and O–H groups in total. The largest absolute Gasteiger partial charge is 0.494 e. The number of carboxylic acids is 1. The number of ether oxygens (including phenoxy) is 1. The molecule has 1 unspecified atom stereocenters. The molecule has 0 aliphatic rings. The van der Waals surface area contributed by atoms with E-state index >= 15 is 0 Å². The summed E-state index contributed by atoms with van der Waals surface area (Å²) in [6.07, 6.45) is 0. The standard InChI is InChI=1S/C13H17FN2O4/c1-7(2)11(12(17)18)16-13(19)15-9-5-4-8(14)6-10(9)20-3/h4-7,11H,1-3H3,(H,17,18)(H2,15,16,19). The van der Waals surface area contributed by atoms with E-state index in [9.17, 15) is 14.0 Å². The van der Waals surface area contributed by atoms with Crippen molar-refractivity contribution in [3.05, 3.63) is 24.0 Å². The molecule has 0 radical (unpaired) electrons. The number of nitrogens with one attached hydrogen (secondary N) is 2. The third-order valence-electron chi connectivity index (χ3n) is 2.63. The van der Waals surface area contributed by atoms with Crippen molar-refractivity contribution in [2.24, 2.45) is 5.92 Å². The van der Waals surface area contributed by atoms with Crippen LogP contribution in [0, 0.1) is 11.7 Å². The van der Waals surface area contributed by atoms with Gasteiger partial charge in [-0.15, -0.1) is 0 Å². The Labute approximate surface area is 115 Å². The highest BCUT2D eigenvalue weighted by Crippen LogP contribution is 2.24. The van der Waals surface area contributed by atoms with Crippen LogP contribution in [0.4, 0.5) is 14.9 Å². The Bertz CT molecular complexity index is 505. The molecule has 20 heavy (non-hydrogen) atoms. The van der Waals surface area contributed by atoms with Crippen molar-refractivity contribution in [3.63, 3.8) is 0 Å². The van der Waals surface area contributed by atoms with Gasteiger partial charge in [0.05, 0.1) is 12.8 Å². The number of halogens is 1. The third-order valence-corrected chi connectivity index (χ3v) is 2.63. The number of rotatable bonds is 5. The first-order valence-electron chi connectivity index (χ1n) is 5.99. The summed E-state index contributed by atoms with van der Waals surface area (Å²) in [5.41, 5.74) is 0.249. The molecule has 1 atom stereocenters. The summed E-state index contributed by atoms with van der Waals surface area (Å²) in [6, 6.07) is 1.90. The lowest BCUT2D eigenvalue weighted by Gasteiger charge is -2.18. The number of aliphatic carboxylic acids is 1. The Morgan fingerprint density at radius 1 is 1.35 bits per heavy atom. The summed E-state index contributed by atoms with van der Waals surface area (Å²) in [5, 5.41) is 13.7. The van der Waals surface area contributed by atoms with Gasteiger partial charge in [0.25, 0.3) is 0 Å². The number of urea groups is 1. The molecule has 1 aromatic carbocycles. The molecule has 0 bridgehead atoms. The van der Waals surface area contributed by atoms with Crippen molar-refractivity contribution in [2.45, 2.75) is 19.9 Å². The SMILES string of the molecule is COc1cc(F)ccc1NC(=O)NC(C(=O)O)C(C)C. The predicted octanol–water partition coefficient (Wildman–Crippen LogP) is 2.06. The van der Waals surface area contributed by atoms with Crippen molar-refractivity contribution in [2.75, 3.05) is 12.4 Å². The number of hydrogen-bond donors (Lipinski definition) is 3. The minimum atomic E-state index is -1.12. The number of anilines is 1. The fraction of sp³-hybridized carbons (Fsp3) is 0.385. The highest BCUT2D eigenvalue weighted by molar-refractivity contribution is 5.93. The van der Waals surface area contributed by atoms with E-state index < -0.39 is 23.9 Å². The van der Waals surface area contributed by atoms with Crippen LogP contribution >= 0.6 is 0 Å². The fourth-order valence-electron chi connectivity index (χ4n) is 1.58. The first kappa shape index (κ1) is 15.7. The van der Waals surface area contributed by atoms with Gasteiger partial charge in [-0.2, -0.15) is 0 Å². The number of carbonyl (C=O) groups is 2. The van der Waals surface area contributed by atoms with Crippen molar-refractivity contribution in [1.29, 1.82) is 0 Å². The van der Waals surface area contributed by atoms with Gasteiger partial charge >= 0.3 is 12.0 Å². The highest BCUT2D eigenvalue weighted by atomic mass is 19.1. The molecule has 110 valence electrons. The molecule has 2 amide bonds. The Morgan fingerprint density at radius 2 is 2.00 bits per heavy atom. The van der Waals surface area contributed by atoms with Crippen LogP contribution in [0.5, 0.6) is 5.75 Å². The molecule has 1 rings (SSSR count). The van der Waals surface area contributed by atoms with Gasteiger partial charge in [-0.1, -0.05) is 13.8 Å². The number of hydrogen-bond acceptors (Lipinski definition) is 3. The summed E-state index contributed by atoms with van der Waals surface area (Å²) >= 11 is 0. The number of carbonyl (C=O) groups excluding carboxylic acids is 1. The third kappa shape index (κ3) is 4.11. The molecular weight excluding hydrogens is 267 g/mol. The first-order valence-corrected chi connectivity index (χ1v) is 5.99. The molecule has 0 aliphatic carbocycles. The zero-order valence-corrected chi connectivity index (χ0v) is 11.4. The second kappa shape index (κ2) is 6.74. The van der Waals surface area contributed by atoms with Gasteiger partial charge in [-0.3, -0.25) is 0 Å². The zero-order valence-electron chi connectivity index (χ0n) is 11.4. The quantitative estimate of drug-likeness (QED) is 0.772. The lowest BCUT2D eigenvalue weighted by atomic mass is 10.1. The maximum absolute atomic E-state index is 13.0. The van der Waals surface area contributed by atoms with E-state index in [4.69, 9.17) is 9.84 Å². The minimum Gasteiger partial charge on any atom is -0.494 e. The molecule has 0 spiro atoms. The Kier molecular flexibility index (Phi) is 5.31. The summed E-state index contributed by atoms with van der Waals surface area (Å²) in [4.78, 5) is 22.7. The molecule has 0 saturated carbocycles. The average molecular weight is 284 g/mol. The van der Waals surface area contributed by atoms with Crippen molar-refractivity contribution in [3.8, 4) is 5.75 Å². The second-order valence-corrected chi connectivity index (χ2v) is 4.50. The summed E-state index contributed by atoms with van der Waals surface area (Å²) in [5.74, 6) is -1.75. The Hall–Kier alpha value is -2.31. The van der Waals surface area contributed by atoms with Crippen LogP contribution in [0.2, 0.25) is 0 Å². The van der Waals surface area contributed by atoms with Crippen LogP contribution in [-0.4, -0.2) is 30.3 Å². The summed E-state index contributed by atoms with van der Waals surface area (Å²) in [6.45, 7) is 3.36. The van der Waals surface area contributed by atoms with Crippen LogP contribution in [0.15, 0.2) is 18.2 Å². The van der Waals surface area contributed by atoms with E-state index in [1.54, 1.807) is 13.8 Å². The monoisotopic (exact) mass is 284 g/mol. The number of benzene rings is 1. The molecular formula is C13H17FN2O4. The van der Waals surface area contributed by atoms with Crippen LogP contribution in [0.1, 0.15) is 13.8 Å². The van der Waals surface area contributed by atoms with E-state index in [0.717, 1.165) is 12.1 Å². The van der Waals surface area contributed by atoms with Gasteiger partial charge in [0.2, 0.25) is 0 Å². The Balaban J connectivity index is 2.78. The smallest absolute Gasteiger partial charge is 0.326 e. The molecule has 0 fully saturated rings. The van der Waals surface area contributed by atoms with Crippen LogP contribution in [0.25, 0.3) is 0 Å². The molecule has 6 nitrogen and oxygen atoms in total. The van der Waals surface area contributed by atoms with Gasteiger partial charge in [-0.05, 0) is 18.1 Å². The van der Waals surface area contributed by atoms with Crippen molar-refractivity contribution in [1.82, 2.24) is 5.32 Å². The second-order valence-electron chi connectivity index (χ2n) is 4.50. The van der Waals surface area contributed by atoms with Crippen LogP contribution in [0.3, 0.4) is 0 Å². The number of carboxylic acid groups (broad SMARTS) is 1. The zero-order chi connectivity index (χ0) is 15.3. The fourth-order valence-corrected chi connectivity index (χ4v) is 1.58. The van der Waals surface area contributed by atoms with Gasteiger partial charge in [0.1, 0.15) is 17.6 Å². The molecule has 0 saturated heterocycles. The van der Waals surface area contributed by atoms with Crippen molar-refractivity contribution >= 4 is 17.7 Å². The van der Waals surface area contributed by atoms with Crippen LogP contribution in [-0.2, 0) is 4.79 Å². The van der Waals surface area contributed by atoms with Crippen LogP contribution < -0.4 is 15.4 Å². The summed E-state index contributed by atoms with van der Waals surface area (Å²) in [7, 11) is 1.34. The normalized spacial score (nSPS) is 11.8. The predicted molar refractivity (Wildman–Crippen MR) is 71.4 cm³/mol. The van der Waals surface area contributed by atoms with E-state index in [1.165, 1.54) is 13.2 Å². The van der Waals surface area contributed by atoms with Gasteiger partial charge in [0.15, 0.2) is 0 Å². The van der Waals surface area contributed by atoms with Crippen molar-refractivity contribution < 1.29 is 23.8 Å².